The summed E-state index contributed by atoms with van der Waals surface area (Å²) in [6, 6.07) is 35.0. The van der Waals surface area contributed by atoms with Crippen molar-refractivity contribution in [1.82, 2.24) is 43.6 Å². The van der Waals surface area contributed by atoms with Gasteiger partial charge in [-0.1, -0.05) is 193 Å². The van der Waals surface area contributed by atoms with Gasteiger partial charge in [-0.25, -0.2) is 4.57 Å². The Morgan fingerprint density at radius 2 is 0.940 bits per heavy atom. The number of hydrogen-bond donors (Lipinski definition) is 4. The SMILES string of the molecule is CC(C)c1ccc(=O)[nH]c1.CC(C)c1ccc(=O)n(C(F)(F)F)c1.CC(C)c1ccc(=O)n(C)c1.CC(C)c1ccc(=O)n(C2CC2)c1.Cc1cc(=O)c(C(C)C)c[nH]1.Cc1cc(C)c(C(C)C)cn1.Cc1ccc(C(C)C)c(=O)[nH]1.Cc1ccc(C(C)C)c[n+]1[O-].Cc1ncc(C(C)C)c2ccccc12.Cc1ncc(C(C)C)cc1O. The van der Waals surface area contributed by atoms with Crippen molar-refractivity contribution in [3.05, 3.63) is 334 Å². The summed E-state index contributed by atoms with van der Waals surface area (Å²) in [4.78, 5) is 87.5. The van der Waals surface area contributed by atoms with Crippen molar-refractivity contribution in [1.29, 1.82) is 0 Å². The molecule has 21 heteroatoms. The van der Waals surface area contributed by atoms with Crippen LogP contribution in [0, 0.1) is 53.7 Å². The summed E-state index contributed by atoms with van der Waals surface area (Å²) >= 11 is 0. The molecule has 10 aromatic heterocycles. The maximum atomic E-state index is 12.3. The highest BCUT2D eigenvalue weighted by Gasteiger charge is 2.32. The van der Waals surface area contributed by atoms with Crippen LogP contribution < -0.4 is 38.0 Å². The lowest BCUT2D eigenvalue weighted by Gasteiger charge is -2.12. The zero-order chi connectivity index (χ0) is 88.6. The summed E-state index contributed by atoms with van der Waals surface area (Å²) in [5.41, 5.74) is 16.8. The van der Waals surface area contributed by atoms with Crippen LogP contribution in [0.2, 0.25) is 0 Å². The van der Waals surface area contributed by atoms with E-state index in [4.69, 9.17) is 0 Å². The fourth-order valence-electron chi connectivity index (χ4n) is 11.2. The van der Waals surface area contributed by atoms with Crippen LogP contribution in [-0.4, -0.2) is 48.7 Å². The molecule has 0 saturated heterocycles. The van der Waals surface area contributed by atoms with Crippen LogP contribution in [0.25, 0.3) is 10.8 Å². The number of H-pyrrole nitrogens is 3. The van der Waals surface area contributed by atoms with Gasteiger partial charge < -0.3 is 34.4 Å². The maximum absolute atomic E-state index is 12.3. The molecule has 10 heterocycles. The summed E-state index contributed by atoms with van der Waals surface area (Å²) in [5.74, 6) is 4.31. The number of aromatic hydroxyl groups is 1. The fourth-order valence-corrected chi connectivity index (χ4v) is 11.2. The van der Waals surface area contributed by atoms with E-state index in [0.29, 0.717) is 70.6 Å². The van der Waals surface area contributed by atoms with E-state index >= 15 is 0 Å². The van der Waals surface area contributed by atoms with Gasteiger partial charge in [0.15, 0.2) is 17.3 Å². The smallest absolute Gasteiger partial charge is 0.491 e. The quantitative estimate of drug-likeness (QED) is 0.0700. The van der Waals surface area contributed by atoms with Crippen LogP contribution in [0.4, 0.5) is 13.2 Å². The van der Waals surface area contributed by atoms with Crippen molar-refractivity contribution in [2.45, 2.75) is 271 Å². The number of halogens is 3. The summed E-state index contributed by atoms with van der Waals surface area (Å²) in [6.45, 7) is 55.0. The summed E-state index contributed by atoms with van der Waals surface area (Å²) < 4.78 is 41.0. The standard InChI is InChI=1S/C13H15N.C11H15NO.C10H15N.C9H10F3NO.5C9H13NO.C8H11NO/c1-9(2)13-8-14-10(3)11-6-4-5-7-12(11)13;1-8(2)9-3-6-11(13)12(7-9)10-4-5-10;1-7(2)10-6-11-9(4)5-8(10)3;1-6(2)7-3-4-8(14)13(5-7)9(10,11)12;1-6(2)8-4-9(11)7(3)10-5-8;1-6(2)8-5-10-7(3)4-9(8)11;1-7(2)8-4-5-9(11)10(3)6-8;1-7(2)9-5-4-8(3)10(11)6-9;1-6(2)8-5-4-7(3)10-9(8)11;1-6(2)7-3-4-8(10)9-5-7/h4-9H,1-3H3;3,6-8,10H,4-5H2,1-2H3;5-7H,1-4H3;3-6H,1-2H3;4-6,11H,1-3H3;4-6H,1-3H3,(H,10,11);2*4-7H,1-3H3;4-6H,1-3H3,(H,10,11);3-6H,1-2H3,(H,9,10). The molecule has 0 radical (unpaired) electrons. The molecule has 18 nitrogen and oxygen atoms in total. The third kappa shape index (κ3) is 34.5. The van der Waals surface area contributed by atoms with E-state index in [0.717, 1.165) is 67.7 Å². The van der Waals surface area contributed by atoms with E-state index in [1.165, 1.54) is 63.1 Å². The largest absolute Gasteiger partial charge is 0.619 e. The Balaban J connectivity index is 0.000000337. The van der Waals surface area contributed by atoms with Gasteiger partial charge >= 0.3 is 6.30 Å². The van der Waals surface area contributed by atoms with E-state index < -0.39 is 11.9 Å². The number of nitrogens with zero attached hydrogens (tertiary/aromatic N) is 7. The maximum Gasteiger partial charge on any atom is 0.491 e. The Kier molecular flexibility index (Phi) is 41.2. The molecule has 1 aliphatic rings. The Hall–Kier alpha value is -10.8. The van der Waals surface area contributed by atoms with E-state index in [9.17, 15) is 52.3 Å². The van der Waals surface area contributed by atoms with E-state index in [1.807, 2.05) is 120 Å². The molecule has 0 aliphatic heterocycles. The zero-order valence-electron chi connectivity index (χ0n) is 74.5. The number of nitrogens with one attached hydrogen (secondary N) is 3. The lowest BCUT2D eigenvalue weighted by molar-refractivity contribution is -0.612. The predicted molar refractivity (Wildman–Crippen MR) is 475 cm³/mol. The number of aromatic nitrogens is 10. The lowest BCUT2D eigenvalue weighted by Crippen LogP contribution is -2.30. The second kappa shape index (κ2) is 48.0. The highest BCUT2D eigenvalue weighted by Crippen LogP contribution is 2.34. The number of alkyl halides is 3. The van der Waals surface area contributed by atoms with Gasteiger partial charge in [-0.05, 0) is 188 Å². The molecule has 4 N–H and O–H groups in total. The van der Waals surface area contributed by atoms with Crippen molar-refractivity contribution in [3.63, 3.8) is 0 Å². The molecule has 12 rings (SSSR count). The van der Waals surface area contributed by atoms with Crippen molar-refractivity contribution in [2.75, 3.05) is 0 Å². The highest BCUT2D eigenvalue weighted by atomic mass is 19.4. The first-order valence-corrected chi connectivity index (χ1v) is 40.4. The topological polar surface area (TPSA) is 250 Å². The molecule has 1 fully saturated rings. The van der Waals surface area contributed by atoms with Crippen molar-refractivity contribution < 1.29 is 23.0 Å². The molecule has 11 aromatic rings. The monoisotopic (exact) mass is 1610 g/mol. The van der Waals surface area contributed by atoms with Crippen LogP contribution >= 0.6 is 0 Å². The lowest BCUT2D eigenvalue weighted by atomic mass is 9.97. The molecule has 1 aromatic carbocycles. The molecule has 0 spiro atoms. The second-order valence-corrected chi connectivity index (χ2v) is 32.7. The minimum Gasteiger partial charge on any atom is -0.619 e. The molecule has 1 aliphatic carbocycles. The van der Waals surface area contributed by atoms with Crippen LogP contribution in [-0.2, 0) is 13.3 Å². The minimum atomic E-state index is -4.64. The number of benzene rings is 1. The number of rotatable bonds is 11. The molecule has 0 unspecified atom stereocenters. The molecule has 117 heavy (non-hydrogen) atoms. The average Bonchev–Trinajstić information content (AvgIpc) is 1.72. The Labute approximate surface area is 691 Å². The molecule has 0 bridgehead atoms. The van der Waals surface area contributed by atoms with Crippen LogP contribution in [0.5, 0.6) is 5.75 Å². The van der Waals surface area contributed by atoms with Crippen LogP contribution in [0.15, 0.2) is 200 Å². The first kappa shape index (κ1) is 100. The number of aromatic amines is 3. The first-order chi connectivity index (χ1) is 54.6. The van der Waals surface area contributed by atoms with Gasteiger partial charge in [0.1, 0.15) is 5.75 Å². The van der Waals surface area contributed by atoms with Gasteiger partial charge in [0.2, 0.25) is 11.1 Å². The number of fused-ring (bicyclic) bond motifs is 1. The molecular formula is C96H131F3N10O8. The zero-order valence-corrected chi connectivity index (χ0v) is 74.5. The summed E-state index contributed by atoms with van der Waals surface area (Å²) in [5, 5.41) is 23.0. The normalized spacial score (nSPS) is 11.5. The van der Waals surface area contributed by atoms with E-state index in [2.05, 4.69) is 171 Å². The number of pyridine rings is 10. The third-order valence-electron chi connectivity index (χ3n) is 19.2. The Morgan fingerprint density at radius 1 is 0.453 bits per heavy atom. The fraction of sp³-hybridized carbons (Fsp3) is 0.438. The van der Waals surface area contributed by atoms with Crippen molar-refractivity contribution in [2.24, 2.45) is 7.05 Å². The first-order valence-electron chi connectivity index (χ1n) is 40.4. The molecule has 634 valence electrons. The minimum absolute atomic E-state index is 0.0376. The molecule has 0 atom stereocenters. The van der Waals surface area contributed by atoms with Gasteiger partial charge in [-0.2, -0.15) is 4.73 Å². The highest BCUT2D eigenvalue weighted by molar-refractivity contribution is 5.87. The van der Waals surface area contributed by atoms with Crippen LogP contribution in [0.1, 0.15) is 312 Å². The van der Waals surface area contributed by atoms with Crippen LogP contribution in [0.3, 0.4) is 0 Å². The Bertz CT molecular complexity index is 5150. The van der Waals surface area contributed by atoms with Gasteiger partial charge in [0.25, 0.3) is 16.7 Å². The summed E-state index contributed by atoms with van der Waals surface area (Å²) in [6.07, 6.45) is 13.4. The van der Waals surface area contributed by atoms with Crippen molar-refractivity contribution in [3.8, 4) is 5.75 Å². The second-order valence-electron chi connectivity index (χ2n) is 32.7. The number of aryl methyl sites for hydroxylation is 8. The third-order valence-corrected chi connectivity index (χ3v) is 19.2. The average molecular weight is 1610 g/mol. The van der Waals surface area contributed by atoms with Gasteiger partial charge in [-0.3, -0.25) is 43.7 Å². The predicted octanol–water partition coefficient (Wildman–Crippen LogP) is 21.8. The Morgan fingerprint density at radius 3 is 1.40 bits per heavy atom. The van der Waals surface area contributed by atoms with Gasteiger partial charge in [0.05, 0.1) is 5.69 Å². The van der Waals surface area contributed by atoms with Gasteiger partial charge in [0, 0.05) is 151 Å². The van der Waals surface area contributed by atoms with Gasteiger partial charge in [-0.15, -0.1) is 13.2 Å². The van der Waals surface area contributed by atoms with E-state index in [-0.39, 0.29) is 43.9 Å². The summed E-state index contributed by atoms with van der Waals surface area (Å²) in [7, 11) is 1.77. The van der Waals surface area contributed by atoms with E-state index in [1.54, 1.807) is 94.4 Å². The van der Waals surface area contributed by atoms with Crippen molar-refractivity contribution >= 4 is 10.8 Å². The molecule has 1 saturated carbocycles. The molecular weight excluding hydrogens is 1480 g/mol. The molecule has 0 amide bonds. The number of hydrogen-bond acceptors (Lipinski definition) is 11.